The first-order valence-electron chi connectivity index (χ1n) is 19.8. The Balaban J connectivity index is 1.53. The average molecular weight is 871 g/mol. The highest BCUT2D eigenvalue weighted by molar-refractivity contribution is 7.89. The van der Waals surface area contributed by atoms with Crippen LogP contribution in [0.15, 0.2) is 53.4 Å². The Hall–Kier alpha value is -3.77. The molecule has 2 N–H and O–H groups in total. The van der Waals surface area contributed by atoms with Crippen LogP contribution < -0.4 is 14.8 Å². The van der Waals surface area contributed by atoms with Crippen LogP contribution >= 0.6 is 7.37 Å². The Bertz CT molecular complexity index is 1800. The molecule has 59 heavy (non-hydrogen) atoms. The van der Waals surface area contributed by atoms with Crippen LogP contribution in [0.25, 0.3) is 0 Å². The highest BCUT2D eigenvalue weighted by atomic mass is 32.2. The zero-order valence-corrected chi connectivity index (χ0v) is 36.5. The Morgan fingerprint density at radius 1 is 0.932 bits per heavy atom. The first-order chi connectivity index (χ1) is 28.0. The topological polar surface area (TPSA) is 212 Å². The van der Waals surface area contributed by atoms with Crippen LogP contribution in [-0.2, 0) is 58.8 Å². The van der Waals surface area contributed by atoms with E-state index in [1.54, 1.807) is 45.0 Å². The van der Waals surface area contributed by atoms with E-state index >= 15 is 0 Å². The van der Waals surface area contributed by atoms with E-state index in [9.17, 15) is 32.5 Å². The smallest absolute Gasteiger partial charge is 0.407 e. The number of ether oxygens (including phenoxy) is 7. The number of carbonyl (C=O) groups is 3. The van der Waals surface area contributed by atoms with Gasteiger partial charge in [0.05, 0.1) is 62.4 Å². The van der Waals surface area contributed by atoms with Crippen molar-refractivity contribution < 1.29 is 70.2 Å². The second kappa shape index (κ2) is 22.2. The molecule has 17 nitrogen and oxygen atoms in total. The lowest BCUT2D eigenvalue weighted by atomic mass is 10.0. The van der Waals surface area contributed by atoms with Crippen molar-refractivity contribution >= 4 is 35.4 Å². The highest BCUT2D eigenvalue weighted by Crippen LogP contribution is 2.50. The number of esters is 2. The number of alkyl carbamates (subject to hydrolysis) is 1. The summed E-state index contributed by atoms with van der Waals surface area (Å²) < 4.78 is 86.8. The number of hydrogen-bond acceptors (Lipinski definition) is 15. The summed E-state index contributed by atoms with van der Waals surface area (Å²) in [4.78, 5) is 38.1. The lowest BCUT2D eigenvalue weighted by Crippen LogP contribution is -2.51. The molecule has 0 bridgehead atoms. The zero-order chi connectivity index (χ0) is 43.3. The minimum Gasteiger partial charge on any atom is -0.497 e. The maximum atomic E-state index is 14.0. The van der Waals surface area contributed by atoms with Crippen LogP contribution in [0, 0.1) is 17.8 Å². The van der Waals surface area contributed by atoms with Gasteiger partial charge in [-0.05, 0) is 81.5 Å². The van der Waals surface area contributed by atoms with Gasteiger partial charge < -0.3 is 48.1 Å². The summed E-state index contributed by atoms with van der Waals surface area (Å²) in [6.45, 7) is 10.5. The average Bonchev–Trinajstić information content (AvgIpc) is 3.82. The van der Waals surface area contributed by atoms with Crippen molar-refractivity contribution in [3.8, 4) is 11.5 Å². The van der Waals surface area contributed by atoms with E-state index in [4.69, 9.17) is 37.7 Å². The Morgan fingerprint density at radius 3 is 2.20 bits per heavy atom. The van der Waals surface area contributed by atoms with Gasteiger partial charge in [-0.3, -0.25) is 9.36 Å². The number of hydrogen-bond donors (Lipinski definition) is 2. The van der Waals surface area contributed by atoms with E-state index in [0.29, 0.717) is 24.3 Å². The fraction of sp³-hybridized carbons (Fsp3) is 0.625. The summed E-state index contributed by atoms with van der Waals surface area (Å²) in [5.74, 6) is -1.58. The Kier molecular flexibility index (Phi) is 18.0. The van der Waals surface area contributed by atoms with Crippen LogP contribution in [0.2, 0.25) is 0 Å². The van der Waals surface area contributed by atoms with E-state index in [2.05, 4.69) is 5.32 Å². The van der Waals surface area contributed by atoms with Gasteiger partial charge in [0.25, 0.3) is 0 Å². The number of sulfonamides is 1. The van der Waals surface area contributed by atoms with Crippen LogP contribution in [-0.4, -0.2) is 126 Å². The third-order valence-corrected chi connectivity index (χ3v) is 13.9. The van der Waals surface area contributed by atoms with Crippen molar-refractivity contribution in [2.45, 2.75) is 89.9 Å². The van der Waals surface area contributed by atoms with E-state index < -0.39 is 78.3 Å². The number of amides is 1. The van der Waals surface area contributed by atoms with Crippen molar-refractivity contribution in [3.63, 3.8) is 0 Å². The number of nitrogens with one attached hydrogen (secondary N) is 1. The number of rotatable bonds is 23. The first-order valence-corrected chi connectivity index (χ1v) is 23.3. The predicted molar refractivity (Wildman–Crippen MR) is 215 cm³/mol. The molecule has 2 aromatic carbocycles. The summed E-state index contributed by atoms with van der Waals surface area (Å²) in [5, 5.41) is 14.5. The molecule has 0 radical (unpaired) electrons. The van der Waals surface area contributed by atoms with Gasteiger partial charge in [0.15, 0.2) is 18.7 Å². The molecule has 2 aliphatic rings. The molecule has 1 amide bonds. The van der Waals surface area contributed by atoms with Gasteiger partial charge in [-0.2, -0.15) is 4.31 Å². The molecule has 2 fully saturated rings. The largest absolute Gasteiger partial charge is 0.497 e. The van der Waals surface area contributed by atoms with E-state index in [0.717, 1.165) is 0 Å². The number of carbonyl (C=O) groups excluding carboxylic acids is 3. The van der Waals surface area contributed by atoms with E-state index in [1.165, 1.54) is 42.6 Å². The summed E-state index contributed by atoms with van der Waals surface area (Å²) in [6.07, 6.45) is -4.45. The van der Waals surface area contributed by atoms with Gasteiger partial charge in [-0.15, -0.1) is 0 Å². The third-order valence-electron chi connectivity index (χ3n) is 9.68. The van der Waals surface area contributed by atoms with Gasteiger partial charge in [0.2, 0.25) is 17.4 Å². The molecule has 19 heteroatoms. The van der Waals surface area contributed by atoms with Crippen molar-refractivity contribution in [1.29, 1.82) is 0 Å². The van der Waals surface area contributed by atoms with E-state index in [-0.39, 0.29) is 68.0 Å². The molecule has 0 saturated carbocycles. The number of nitrogens with zero attached hydrogens (tertiary/aromatic N) is 1. The molecular formula is C40H59N2O15PS. The summed E-state index contributed by atoms with van der Waals surface area (Å²) in [5.41, 5.74) is 0.620. The highest BCUT2D eigenvalue weighted by Gasteiger charge is 2.44. The van der Waals surface area contributed by atoms with Gasteiger partial charge in [0.1, 0.15) is 17.6 Å². The minimum absolute atomic E-state index is 0.0147. The van der Waals surface area contributed by atoms with E-state index in [1.807, 2.05) is 13.8 Å². The number of aliphatic hydroxyl groups excluding tert-OH is 1. The Morgan fingerprint density at radius 2 is 1.58 bits per heavy atom. The monoisotopic (exact) mass is 870 g/mol. The second-order valence-corrected chi connectivity index (χ2v) is 19.4. The zero-order valence-electron chi connectivity index (χ0n) is 34.8. The molecule has 2 aromatic rings. The SMILES string of the molecule is CCOC(=O)C(C)CP(=O)(COc1ccc(C[C@H](NC(=O)O[C@H]2CO[C@H]3OCC[C@H]32)[C@H](O)CN(CC(C)C)S(=O)(=O)c2ccc(OC)cc2)cc1)O[C@H](C)C(=O)OCC. The second-order valence-electron chi connectivity index (χ2n) is 14.9. The van der Waals surface area contributed by atoms with Gasteiger partial charge in [-0.25, -0.2) is 18.0 Å². The van der Waals surface area contributed by atoms with Gasteiger partial charge in [-0.1, -0.05) is 32.9 Å². The summed E-state index contributed by atoms with van der Waals surface area (Å²) in [7, 11) is -6.41. The fourth-order valence-electron chi connectivity index (χ4n) is 6.71. The molecule has 330 valence electrons. The molecule has 2 saturated heterocycles. The van der Waals surface area contributed by atoms with Crippen molar-refractivity contribution in [2.75, 3.05) is 59.1 Å². The van der Waals surface area contributed by atoms with Gasteiger partial charge >= 0.3 is 18.0 Å². The molecule has 2 heterocycles. The normalized spacial score (nSPS) is 20.8. The molecular weight excluding hydrogens is 811 g/mol. The van der Waals surface area contributed by atoms with Crippen LogP contribution in [0.5, 0.6) is 11.5 Å². The van der Waals surface area contributed by atoms with Crippen LogP contribution in [0.1, 0.15) is 53.5 Å². The van der Waals surface area contributed by atoms with Crippen molar-refractivity contribution in [3.05, 3.63) is 54.1 Å². The standard InChI is InChI=1S/C40H59N2O15PS/c1-8-51-37(44)27(5)24-58(47,57-28(6)38(45)52-9-2)25-55-31-12-10-29(11-13-31)20-34(41-40(46)56-36-23-54-39-33(36)18-19-53-39)35(43)22-42(21-26(3)4)59(48,49)32-16-14-30(50-7)15-17-32/h10-17,26-28,33-36,39,43H,8-9,18-25H2,1-7H3,(H,41,46)/t27?,28-,33+,34+,35-,36+,39-,58?/m1/s1. The summed E-state index contributed by atoms with van der Waals surface area (Å²) >= 11 is 0. The molecule has 2 aliphatic heterocycles. The van der Waals surface area contributed by atoms with Crippen LogP contribution in [0.4, 0.5) is 4.79 Å². The number of methoxy groups -OCH3 is 1. The molecule has 2 unspecified atom stereocenters. The number of aliphatic hydroxyl groups is 1. The quantitative estimate of drug-likeness (QED) is 0.0889. The molecule has 0 spiro atoms. The van der Waals surface area contributed by atoms with Crippen molar-refractivity contribution in [1.82, 2.24) is 9.62 Å². The van der Waals surface area contributed by atoms with Gasteiger partial charge in [0, 0.05) is 19.3 Å². The summed E-state index contributed by atoms with van der Waals surface area (Å²) in [6, 6.07) is 11.4. The Labute approximate surface area is 346 Å². The molecule has 0 aliphatic carbocycles. The third kappa shape index (κ3) is 13.9. The number of benzene rings is 2. The number of fused-ring (bicyclic) bond motifs is 1. The maximum absolute atomic E-state index is 14.0. The maximum Gasteiger partial charge on any atom is 0.407 e. The fourth-order valence-corrected chi connectivity index (χ4v) is 10.6. The molecule has 0 aromatic heterocycles. The lowest BCUT2D eigenvalue weighted by Gasteiger charge is -2.31. The lowest BCUT2D eigenvalue weighted by molar-refractivity contribution is -0.150. The molecule has 4 rings (SSSR count). The first kappa shape index (κ1) is 47.9. The van der Waals surface area contributed by atoms with Crippen molar-refractivity contribution in [2.24, 2.45) is 17.8 Å². The minimum atomic E-state index is -4.09. The molecule has 8 atom stereocenters. The predicted octanol–water partition coefficient (Wildman–Crippen LogP) is 4.58. The van der Waals surface area contributed by atoms with Crippen LogP contribution in [0.3, 0.4) is 0 Å².